The Morgan fingerprint density at radius 1 is 1.00 bits per heavy atom. The summed E-state index contributed by atoms with van der Waals surface area (Å²) in [4.78, 5) is 0. The van der Waals surface area contributed by atoms with Crippen molar-refractivity contribution in [2.45, 2.75) is 40.5 Å². The van der Waals surface area contributed by atoms with Crippen LogP contribution < -0.4 is 0 Å². The van der Waals surface area contributed by atoms with Gasteiger partial charge in [-0.25, -0.2) is 0 Å². The van der Waals surface area contributed by atoms with Gasteiger partial charge in [0.1, 0.15) is 0 Å². The van der Waals surface area contributed by atoms with E-state index in [1.165, 1.54) is 0 Å². The van der Waals surface area contributed by atoms with E-state index in [1.54, 1.807) is 0 Å². The SMILES string of the molecule is CC(C)CCOP(=O)(CCBr)OCCC(C)C. The van der Waals surface area contributed by atoms with Crippen molar-refractivity contribution in [2.75, 3.05) is 24.7 Å². The van der Waals surface area contributed by atoms with Crippen LogP contribution in [0.3, 0.4) is 0 Å². The van der Waals surface area contributed by atoms with Crippen LogP contribution in [0.5, 0.6) is 0 Å². The Morgan fingerprint density at radius 3 is 1.71 bits per heavy atom. The van der Waals surface area contributed by atoms with Gasteiger partial charge >= 0.3 is 7.60 Å². The highest BCUT2D eigenvalue weighted by molar-refractivity contribution is 9.09. The van der Waals surface area contributed by atoms with Crippen molar-refractivity contribution >= 4 is 23.5 Å². The van der Waals surface area contributed by atoms with Gasteiger partial charge < -0.3 is 9.05 Å². The van der Waals surface area contributed by atoms with Gasteiger partial charge in [0.15, 0.2) is 0 Å². The van der Waals surface area contributed by atoms with Gasteiger partial charge in [-0.1, -0.05) is 43.6 Å². The van der Waals surface area contributed by atoms with E-state index in [1.807, 2.05) is 0 Å². The molecule has 0 aromatic rings. The molecule has 0 unspecified atom stereocenters. The topological polar surface area (TPSA) is 35.5 Å². The maximum Gasteiger partial charge on any atom is 0.331 e. The summed E-state index contributed by atoms with van der Waals surface area (Å²) in [5, 5.41) is 0.646. The van der Waals surface area contributed by atoms with E-state index in [-0.39, 0.29) is 0 Å². The third-order valence-electron chi connectivity index (χ3n) is 2.32. The summed E-state index contributed by atoms with van der Waals surface area (Å²) in [6.07, 6.45) is 2.28. The number of hydrogen-bond acceptors (Lipinski definition) is 3. The molecule has 0 aliphatic rings. The molecule has 0 radical (unpaired) electrons. The van der Waals surface area contributed by atoms with Crippen LogP contribution in [0, 0.1) is 11.8 Å². The molecule has 0 atom stereocenters. The molecule has 0 aromatic carbocycles. The monoisotopic (exact) mass is 328 g/mol. The van der Waals surface area contributed by atoms with E-state index < -0.39 is 7.60 Å². The van der Waals surface area contributed by atoms with Crippen molar-refractivity contribution in [3.63, 3.8) is 0 Å². The molecular weight excluding hydrogens is 303 g/mol. The molecule has 0 fully saturated rings. The molecule has 0 aliphatic heterocycles. The second-order valence-electron chi connectivity index (χ2n) is 5.05. The van der Waals surface area contributed by atoms with Crippen molar-refractivity contribution in [2.24, 2.45) is 11.8 Å². The molecule has 0 amide bonds. The van der Waals surface area contributed by atoms with Crippen LogP contribution in [-0.4, -0.2) is 24.7 Å². The van der Waals surface area contributed by atoms with Crippen molar-refractivity contribution in [3.8, 4) is 0 Å². The summed E-state index contributed by atoms with van der Waals surface area (Å²) in [5.74, 6) is 1.12. The fourth-order valence-electron chi connectivity index (χ4n) is 1.12. The van der Waals surface area contributed by atoms with Gasteiger partial charge in [0.2, 0.25) is 0 Å². The molecule has 0 saturated heterocycles. The predicted octanol–water partition coefficient (Wildman–Crippen LogP) is 4.70. The number of rotatable bonds is 10. The minimum Gasteiger partial charge on any atom is -0.309 e. The Hall–Kier alpha value is 0.630. The molecule has 104 valence electrons. The average molecular weight is 329 g/mol. The van der Waals surface area contributed by atoms with Crippen molar-refractivity contribution < 1.29 is 13.6 Å². The predicted molar refractivity (Wildman–Crippen MR) is 77.1 cm³/mol. The molecule has 3 nitrogen and oxygen atoms in total. The number of hydrogen-bond donors (Lipinski definition) is 0. The van der Waals surface area contributed by atoms with E-state index in [2.05, 4.69) is 43.6 Å². The summed E-state index contributed by atoms with van der Waals surface area (Å²) in [5.41, 5.74) is 0. The first-order chi connectivity index (χ1) is 7.89. The highest BCUT2D eigenvalue weighted by Gasteiger charge is 2.23. The van der Waals surface area contributed by atoms with Gasteiger partial charge in [-0.2, -0.15) is 0 Å². The summed E-state index contributed by atoms with van der Waals surface area (Å²) >= 11 is 3.29. The van der Waals surface area contributed by atoms with E-state index in [0.29, 0.717) is 36.5 Å². The van der Waals surface area contributed by atoms with Gasteiger partial charge in [-0.3, -0.25) is 4.57 Å². The van der Waals surface area contributed by atoms with E-state index >= 15 is 0 Å². The Morgan fingerprint density at radius 2 is 1.41 bits per heavy atom. The molecule has 5 heteroatoms. The summed E-state index contributed by atoms with van der Waals surface area (Å²) in [7, 11) is -2.88. The quantitative estimate of drug-likeness (QED) is 0.430. The highest BCUT2D eigenvalue weighted by atomic mass is 79.9. The largest absolute Gasteiger partial charge is 0.331 e. The third kappa shape index (κ3) is 10.3. The molecule has 0 bridgehead atoms. The first-order valence-electron chi connectivity index (χ1n) is 6.33. The molecule has 0 spiro atoms. The van der Waals surface area contributed by atoms with Crippen LogP contribution in [0.1, 0.15) is 40.5 Å². The summed E-state index contributed by atoms with van der Waals surface area (Å²) in [6, 6.07) is 0. The normalized spacial score (nSPS) is 12.6. The van der Waals surface area contributed by atoms with Gasteiger partial charge in [0.25, 0.3) is 0 Å². The Labute approximate surface area is 114 Å². The third-order valence-corrected chi connectivity index (χ3v) is 5.26. The number of halogens is 1. The fraction of sp³-hybridized carbons (Fsp3) is 1.00. The maximum absolute atomic E-state index is 12.3. The number of alkyl halides is 1. The first kappa shape index (κ1) is 17.6. The van der Waals surface area contributed by atoms with Crippen molar-refractivity contribution in [3.05, 3.63) is 0 Å². The second kappa shape index (κ2) is 9.55. The standard InChI is InChI=1S/C12H26BrO3P/c1-11(2)5-8-15-17(14,10-7-13)16-9-6-12(3)4/h11-12H,5-10H2,1-4H3. The lowest BCUT2D eigenvalue weighted by atomic mass is 10.2. The lowest BCUT2D eigenvalue weighted by Gasteiger charge is -2.19. The average Bonchev–Trinajstić information content (AvgIpc) is 2.16. The van der Waals surface area contributed by atoms with Crippen LogP contribution in [-0.2, 0) is 13.6 Å². The highest BCUT2D eigenvalue weighted by Crippen LogP contribution is 2.48. The smallest absolute Gasteiger partial charge is 0.309 e. The zero-order chi connectivity index (χ0) is 13.3. The van der Waals surface area contributed by atoms with E-state index in [9.17, 15) is 4.57 Å². The zero-order valence-corrected chi connectivity index (χ0v) is 13.9. The lowest BCUT2D eigenvalue weighted by Crippen LogP contribution is -2.06. The van der Waals surface area contributed by atoms with E-state index in [4.69, 9.17) is 9.05 Å². The van der Waals surface area contributed by atoms with Crippen molar-refractivity contribution in [1.82, 2.24) is 0 Å². The van der Waals surface area contributed by atoms with Crippen LogP contribution in [0.2, 0.25) is 0 Å². The Balaban J connectivity index is 4.02. The van der Waals surface area contributed by atoms with Gasteiger partial charge in [-0.15, -0.1) is 0 Å². The lowest BCUT2D eigenvalue weighted by molar-refractivity contribution is 0.190. The van der Waals surface area contributed by atoms with Gasteiger partial charge in [0.05, 0.1) is 19.4 Å². The van der Waals surface area contributed by atoms with Gasteiger partial charge in [-0.05, 0) is 24.7 Å². The molecule has 0 N–H and O–H groups in total. The molecular formula is C12H26BrO3P. The van der Waals surface area contributed by atoms with Crippen LogP contribution in [0.15, 0.2) is 0 Å². The molecule has 0 aliphatic carbocycles. The molecule has 17 heavy (non-hydrogen) atoms. The molecule has 0 heterocycles. The molecule has 0 aromatic heterocycles. The maximum atomic E-state index is 12.3. The zero-order valence-electron chi connectivity index (χ0n) is 11.4. The van der Waals surface area contributed by atoms with E-state index in [0.717, 1.165) is 12.8 Å². The minimum absolute atomic E-state index is 0.448. The van der Waals surface area contributed by atoms with Crippen LogP contribution >= 0.6 is 23.5 Å². The summed E-state index contributed by atoms with van der Waals surface area (Å²) in [6.45, 7) is 9.53. The summed E-state index contributed by atoms with van der Waals surface area (Å²) < 4.78 is 23.2. The van der Waals surface area contributed by atoms with Crippen LogP contribution in [0.4, 0.5) is 0 Å². The second-order valence-corrected chi connectivity index (χ2v) is 8.03. The Bertz CT molecular complexity index is 214. The van der Waals surface area contributed by atoms with Crippen molar-refractivity contribution in [1.29, 1.82) is 0 Å². The Kier molecular flexibility index (Phi) is 9.90. The molecule has 0 saturated carbocycles. The fourth-order valence-corrected chi connectivity index (χ4v) is 3.73. The van der Waals surface area contributed by atoms with Crippen LogP contribution in [0.25, 0.3) is 0 Å². The minimum atomic E-state index is -2.88. The van der Waals surface area contributed by atoms with Gasteiger partial charge in [0, 0.05) is 5.33 Å². The molecule has 0 rings (SSSR count). The first-order valence-corrected chi connectivity index (χ1v) is 9.18.